The summed E-state index contributed by atoms with van der Waals surface area (Å²) in [5, 5.41) is 12.4. The van der Waals surface area contributed by atoms with Crippen molar-refractivity contribution in [2.75, 3.05) is 7.11 Å². The number of aromatic nitrogens is 3. The maximum Gasteiger partial charge on any atom is 0.243 e. The van der Waals surface area contributed by atoms with Crippen LogP contribution in [-0.4, -0.2) is 40.1 Å². The van der Waals surface area contributed by atoms with Gasteiger partial charge >= 0.3 is 0 Å². The quantitative estimate of drug-likeness (QED) is 0.700. The molecule has 0 aliphatic heterocycles. The Bertz CT molecular complexity index is 724. The zero-order valence-corrected chi connectivity index (χ0v) is 14.8. The number of hydrogen-bond donors (Lipinski definition) is 3. The van der Waals surface area contributed by atoms with Gasteiger partial charge in [-0.1, -0.05) is 13.8 Å². The molecule has 0 saturated carbocycles. The van der Waals surface area contributed by atoms with Crippen molar-refractivity contribution in [2.45, 2.75) is 33.4 Å². The summed E-state index contributed by atoms with van der Waals surface area (Å²) < 4.78 is 5.12. The lowest BCUT2D eigenvalue weighted by Crippen LogP contribution is -2.48. The minimum Gasteiger partial charge on any atom is -0.497 e. The molecule has 0 bridgehead atoms. The van der Waals surface area contributed by atoms with E-state index in [1.54, 1.807) is 7.11 Å². The van der Waals surface area contributed by atoms with E-state index in [1.807, 2.05) is 38.1 Å². The Kier molecular flexibility index (Phi) is 6.10. The number of rotatable bonds is 7. The van der Waals surface area contributed by atoms with Gasteiger partial charge in [-0.2, -0.15) is 5.10 Å². The molecule has 1 unspecified atom stereocenters. The van der Waals surface area contributed by atoms with Crippen molar-refractivity contribution in [3.63, 3.8) is 0 Å². The van der Waals surface area contributed by atoms with Crippen LogP contribution in [0.1, 0.15) is 26.6 Å². The number of aromatic amines is 1. The summed E-state index contributed by atoms with van der Waals surface area (Å²) in [6.07, 6.45) is 0. The van der Waals surface area contributed by atoms with E-state index in [4.69, 9.17) is 4.74 Å². The second-order valence-corrected chi connectivity index (χ2v) is 5.97. The van der Waals surface area contributed by atoms with Gasteiger partial charge in [-0.25, -0.2) is 4.98 Å². The lowest BCUT2D eigenvalue weighted by atomic mass is 10.0. The van der Waals surface area contributed by atoms with Crippen LogP contribution in [0.5, 0.6) is 5.75 Å². The summed E-state index contributed by atoms with van der Waals surface area (Å²) in [5.41, 5.74) is 0.841. The van der Waals surface area contributed by atoms with E-state index in [9.17, 15) is 9.59 Å². The first-order chi connectivity index (χ1) is 11.9. The molecule has 1 atom stereocenters. The Morgan fingerprint density at radius 2 is 1.92 bits per heavy atom. The number of carbonyl (C=O) groups excluding carboxylic acids is 2. The fourth-order valence-electron chi connectivity index (χ4n) is 2.28. The Morgan fingerprint density at radius 3 is 2.48 bits per heavy atom. The lowest BCUT2D eigenvalue weighted by molar-refractivity contribution is -0.129. The van der Waals surface area contributed by atoms with Crippen LogP contribution in [0.25, 0.3) is 11.4 Å². The molecule has 0 radical (unpaired) electrons. The number of methoxy groups -OCH3 is 1. The molecule has 2 aromatic rings. The van der Waals surface area contributed by atoms with Crippen LogP contribution in [0.15, 0.2) is 24.3 Å². The van der Waals surface area contributed by atoms with E-state index in [2.05, 4.69) is 25.8 Å². The van der Waals surface area contributed by atoms with Crippen LogP contribution in [0.2, 0.25) is 0 Å². The molecule has 25 heavy (non-hydrogen) atoms. The number of benzene rings is 1. The number of hydrogen-bond acceptors (Lipinski definition) is 5. The Balaban J connectivity index is 1.98. The third-order valence-corrected chi connectivity index (χ3v) is 3.62. The SMILES string of the molecule is COc1ccc(-c2n[nH]c(CNC(=O)C(NC(C)=O)C(C)C)n2)cc1. The topological polar surface area (TPSA) is 109 Å². The number of carbonyl (C=O) groups is 2. The highest BCUT2D eigenvalue weighted by Crippen LogP contribution is 2.18. The third kappa shape index (κ3) is 5.03. The molecule has 0 spiro atoms. The van der Waals surface area contributed by atoms with Crippen molar-refractivity contribution in [3.8, 4) is 17.1 Å². The summed E-state index contributed by atoms with van der Waals surface area (Å²) in [6, 6.07) is 6.79. The van der Waals surface area contributed by atoms with Crippen LogP contribution >= 0.6 is 0 Å². The molecule has 3 N–H and O–H groups in total. The van der Waals surface area contributed by atoms with Gasteiger partial charge in [0.2, 0.25) is 11.8 Å². The molecule has 134 valence electrons. The highest BCUT2D eigenvalue weighted by atomic mass is 16.5. The van der Waals surface area contributed by atoms with Gasteiger partial charge in [0.25, 0.3) is 0 Å². The molecule has 8 nitrogen and oxygen atoms in total. The predicted octanol–water partition coefficient (Wildman–Crippen LogP) is 1.26. The van der Waals surface area contributed by atoms with Gasteiger partial charge in [-0.3, -0.25) is 14.7 Å². The molecule has 1 heterocycles. The van der Waals surface area contributed by atoms with Gasteiger partial charge in [-0.15, -0.1) is 0 Å². The van der Waals surface area contributed by atoms with Crippen molar-refractivity contribution in [2.24, 2.45) is 5.92 Å². The van der Waals surface area contributed by atoms with Crippen LogP contribution < -0.4 is 15.4 Å². The zero-order valence-electron chi connectivity index (χ0n) is 14.8. The van der Waals surface area contributed by atoms with Crippen molar-refractivity contribution < 1.29 is 14.3 Å². The number of ether oxygens (including phenoxy) is 1. The van der Waals surface area contributed by atoms with Gasteiger partial charge in [0, 0.05) is 12.5 Å². The smallest absolute Gasteiger partial charge is 0.243 e. The second kappa shape index (κ2) is 8.27. The maximum absolute atomic E-state index is 12.2. The minimum atomic E-state index is -0.582. The molecule has 1 aromatic carbocycles. The molecule has 0 aliphatic rings. The number of H-pyrrole nitrogens is 1. The molecule has 2 rings (SSSR count). The summed E-state index contributed by atoms with van der Waals surface area (Å²) in [6.45, 7) is 5.33. The van der Waals surface area contributed by atoms with Gasteiger partial charge in [0.05, 0.1) is 13.7 Å². The first kappa shape index (κ1) is 18.4. The van der Waals surface area contributed by atoms with Crippen LogP contribution in [0.4, 0.5) is 0 Å². The van der Waals surface area contributed by atoms with E-state index < -0.39 is 6.04 Å². The second-order valence-electron chi connectivity index (χ2n) is 5.97. The Morgan fingerprint density at radius 1 is 1.24 bits per heavy atom. The van der Waals surface area contributed by atoms with E-state index in [-0.39, 0.29) is 24.3 Å². The molecule has 0 saturated heterocycles. The Hall–Kier alpha value is -2.90. The van der Waals surface area contributed by atoms with Crippen LogP contribution in [0.3, 0.4) is 0 Å². The van der Waals surface area contributed by atoms with Gasteiger partial charge in [-0.05, 0) is 30.2 Å². The molecule has 0 aliphatic carbocycles. The monoisotopic (exact) mass is 345 g/mol. The van der Waals surface area contributed by atoms with Gasteiger partial charge in [0.1, 0.15) is 17.6 Å². The molecule has 0 fully saturated rings. The normalized spacial score (nSPS) is 11.9. The fraction of sp³-hybridized carbons (Fsp3) is 0.412. The van der Waals surface area contributed by atoms with E-state index in [0.29, 0.717) is 11.6 Å². The van der Waals surface area contributed by atoms with Crippen molar-refractivity contribution in [1.29, 1.82) is 0 Å². The van der Waals surface area contributed by atoms with E-state index >= 15 is 0 Å². The van der Waals surface area contributed by atoms with E-state index in [0.717, 1.165) is 11.3 Å². The maximum atomic E-state index is 12.2. The largest absolute Gasteiger partial charge is 0.497 e. The molecule has 8 heteroatoms. The minimum absolute atomic E-state index is 0.0199. The number of nitrogens with zero attached hydrogens (tertiary/aromatic N) is 2. The summed E-state index contributed by atoms with van der Waals surface area (Å²) in [5.74, 6) is 1.31. The zero-order chi connectivity index (χ0) is 18.4. The standard InChI is InChI=1S/C17H23N5O3/c1-10(2)15(19-11(3)23)17(24)18-9-14-20-16(22-21-14)12-5-7-13(25-4)8-6-12/h5-8,10,15H,9H2,1-4H3,(H,18,24)(H,19,23)(H,20,21,22). The first-order valence-electron chi connectivity index (χ1n) is 8.01. The van der Waals surface area contributed by atoms with Gasteiger partial charge < -0.3 is 15.4 Å². The molecular formula is C17H23N5O3. The average Bonchev–Trinajstić information content (AvgIpc) is 3.06. The fourth-order valence-corrected chi connectivity index (χ4v) is 2.28. The summed E-state index contributed by atoms with van der Waals surface area (Å²) >= 11 is 0. The average molecular weight is 345 g/mol. The predicted molar refractivity (Wildman–Crippen MR) is 92.7 cm³/mol. The van der Waals surface area contributed by atoms with Crippen LogP contribution in [0, 0.1) is 5.92 Å². The third-order valence-electron chi connectivity index (χ3n) is 3.62. The number of amides is 2. The molecule has 2 amide bonds. The highest BCUT2D eigenvalue weighted by molar-refractivity contribution is 5.86. The van der Waals surface area contributed by atoms with E-state index in [1.165, 1.54) is 6.92 Å². The summed E-state index contributed by atoms with van der Waals surface area (Å²) in [4.78, 5) is 27.8. The van der Waals surface area contributed by atoms with Crippen molar-refractivity contribution >= 4 is 11.8 Å². The Labute approximate surface area is 146 Å². The highest BCUT2D eigenvalue weighted by Gasteiger charge is 2.22. The van der Waals surface area contributed by atoms with Crippen LogP contribution in [-0.2, 0) is 16.1 Å². The number of nitrogens with one attached hydrogen (secondary N) is 3. The van der Waals surface area contributed by atoms with Crippen molar-refractivity contribution in [3.05, 3.63) is 30.1 Å². The van der Waals surface area contributed by atoms with Crippen molar-refractivity contribution in [1.82, 2.24) is 25.8 Å². The first-order valence-corrected chi connectivity index (χ1v) is 8.01. The molecule has 1 aromatic heterocycles. The lowest BCUT2D eigenvalue weighted by Gasteiger charge is -2.20. The summed E-state index contributed by atoms with van der Waals surface area (Å²) in [7, 11) is 1.61. The van der Waals surface area contributed by atoms with Gasteiger partial charge in [0.15, 0.2) is 5.82 Å². The molecular weight excluding hydrogens is 322 g/mol.